The minimum absolute atomic E-state index is 0.00996. The Balaban J connectivity index is 2.12. The van der Waals surface area contributed by atoms with Gasteiger partial charge in [-0.25, -0.2) is 8.42 Å². The number of methoxy groups -OCH3 is 2. The number of hydrogen-bond acceptors (Lipinski definition) is 5. The van der Waals surface area contributed by atoms with E-state index in [0.29, 0.717) is 12.3 Å². The molecule has 0 N–H and O–H groups in total. The van der Waals surface area contributed by atoms with E-state index in [1.54, 1.807) is 21.1 Å². The summed E-state index contributed by atoms with van der Waals surface area (Å²) in [4.78, 5) is 14.1. The number of carbonyl (C=O) groups excluding carboxylic acids is 1. The van der Waals surface area contributed by atoms with Crippen LogP contribution < -0.4 is 9.47 Å². The van der Waals surface area contributed by atoms with Crippen molar-refractivity contribution in [3.8, 4) is 11.5 Å². The third-order valence-electron chi connectivity index (χ3n) is 4.43. The van der Waals surface area contributed by atoms with E-state index in [4.69, 9.17) is 21.1 Å². The summed E-state index contributed by atoms with van der Waals surface area (Å²) in [6.07, 6.45) is 0. The first kappa shape index (κ1) is 23.0. The zero-order valence-electron chi connectivity index (χ0n) is 16.9. The minimum atomic E-state index is -3.88. The highest BCUT2D eigenvalue weighted by atomic mass is 35.5. The van der Waals surface area contributed by atoms with Crippen molar-refractivity contribution in [2.75, 3.05) is 34.4 Å². The average molecular weight is 441 g/mol. The predicted molar refractivity (Wildman–Crippen MR) is 112 cm³/mol. The molecule has 0 aliphatic carbocycles. The van der Waals surface area contributed by atoms with E-state index in [1.165, 1.54) is 30.2 Å². The van der Waals surface area contributed by atoms with Crippen LogP contribution in [-0.4, -0.2) is 57.9 Å². The Labute approximate surface area is 176 Å². The third kappa shape index (κ3) is 5.62. The van der Waals surface area contributed by atoms with Gasteiger partial charge in [-0.2, -0.15) is 4.31 Å². The molecule has 0 radical (unpaired) electrons. The van der Waals surface area contributed by atoms with Crippen molar-refractivity contribution >= 4 is 27.5 Å². The second kappa shape index (κ2) is 9.96. The molecule has 0 spiro atoms. The molecule has 0 aromatic heterocycles. The molecule has 0 heterocycles. The van der Waals surface area contributed by atoms with Gasteiger partial charge in [0.2, 0.25) is 15.9 Å². The lowest BCUT2D eigenvalue weighted by atomic mass is 10.2. The van der Waals surface area contributed by atoms with E-state index in [0.717, 1.165) is 15.6 Å². The van der Waals surface area contributed by atoms with Crippen molar-refractivity contribution < 1.29 is 22.7 Å². The van der Waals surface area contributed by atoms with Crippen LogP contribution in [0.5, 0.6) is 11.5 Å². The van der Waals surface area contributed by atoms with Crippen LogP contribution in [-0.2, 0) is 21.4 Å². The number of rotatable bonds is 9. The van der Waals surface area contributed by atoms with Gasteiger partial charge in [0, 0.05) is 20.1 Å². The Morgan fingerprint density at radius 1 is 1.07 bits per heavy atom. The second-order valence-electron chi connectivity index (χ2n) is 6.33. The monoisotopic (exact) mass is 440 g/mol. The Morgan fingerprint density at radius 2 is 1.72 bits per heavy atom. The van der Waals surface area contributed by atoms with Crippen molar-refractivity contribution in [2.24, 2.45) is 0 Å². The van der Waals surface area contributed by atoms with Gasteiger partial charge in [0.25, 0.3) is 0 Å². The topological polar surface area (TPSA) is 76.2 Å². The molecule has 0 atom stereocenters. The molecule has 0 bridgehead atoms. The van der Waals surface area contributed by atoms with Crippen molar-refractivity contribution in [3.63, 3.8) is 0 Å². The number of sulfonamides is 1. The van der Waals surface area contributed by atoms with Gasteiger partial charge < -0.3 is 14.4 Å². The molecule has 0 fully saturated rings. The van der Waals surface area contributed by atoms with E-state index in [9.17, 15) is 13.2 Å². The molecule has 2 aromatic carbocycles. The molecule has 2 aromatic rings. The first-order chi connectivity index (χ1) is 13.7. The van der Waals surface area contributed by atoms with Crippen molar-refractivity contribution in [2.45, 2.75) is 18.4 Å². The highest BCUT2D eigenvalue weighted by molar-refractivity contribution is 7.89. The Kier molecular flexibility index (Phi) is 7.89. The highest BCUT2D eigenvalue weighted by Gasteiger charge is 2.27. The number of amides is 1. The van der Waals surface area contributed by atoms with Gasteiger partial charge in [-0.15, -0.1) is 0 Å². The lowest BCUT2D eigenvalue weighted by Crippen LogP contribution is -2.41. The zero-order valence-corrected chi connectivity index (χ0v) is 18.5. The fourth-order valence-corrected chi connectivity index (χ4v) is 4.44. The molecule has 0 aliphatic heterocycles. The molecule has 158 valence electrons. The van der Waals surface area contributed by atoms with E-state index >= 15 is 0 Å². The van der Waals surface area contributed by atoms with Gasteiger partial charge in [0.05, 0.1) is 30.7 Å². The van der Waals surface area contributed by atoms with E-state index in [1.807, 2.05) is 24.3 Å². The fourth-order valence-electron chi connectivity index (χ4n) is 2.69. The molecular weight excluding hydrogens is 416 g/mol. The number of hydrogen-bond donors (Lipinski definition) is 0. The van der Waals surface area contributed by atoms with Crippen LogP contribution in [0.2, 0.25) is 5.02 Å². The number of nitrogens with zero attached hydrogens (tertiary/aromatic N) is 2. The maximum absolute atomic E-state index is 12.9. The zero-order chi connectivity index (χ0) is 21.6. The summed E-state index contributed by atoms with van der Waals surface area (Å²) in [6.45, 7) is 1.91. The Morgan fingerprint density at radius 3 is 2.24 bits per heavy atom. The molecule has 29 heavy (non-hydrogen) atoms. The van der Waals surface area contributed by atoms with E-state index in [2.05, 4.69) is 0 Å². The van der Waals surface area contributed by atoms with Crippen LogP contribution >= 0.6 is 11.6 Å². The predicted octanol–water partition coefficient (Wildman–Crippen LogP) is 3.03. The molecule has 0 saturated heterocycles. The SMILES string of the molecule is CCN(CC(=O)N(C)Cc1ccc(OC)cc1)S(=O)(=O)c1ccc(OC)c(Cl)c1. The molecule has 0 aliphatic rings. The quantitative estimate of drug-likeness (QED) is 0.599. The molecule has 0 saturated carbocycles. The molecular formula is C20H25ClN2O5S. The third-order valence-corrected chi connectivity index (χ3v) is 6.64. The van der Waals surface area contributed by atoms with Crippen LogP contribution in [0.25, 0.3) is 0 Å². The fraction of sp³-hybridized carbons (Fsp3) is 0.350. The molecule has 0 unspecified atom stereocenters. The summed E-state index contributed by atoms with van der Waals surface area (Å²) in [5, 5.41) is 0.188. The maximum Gasteiger partial charge on any atom is 0.243 e. The van der Waals surface area contributed by atoms with Crippen LogP contribution in [0, 0.1) is 0 Å². The van der Waals surface area contributed by atoms with Crippen molar-refractivity contribution in [1.82, 2.24) is 9.21 Å². The van der Waals surface area contributed by atoms with Gasteiger partial charge in [-0.3, -0.25) is 4.79 Å². The Hall–Kier alpha value is -2.29. The number of benzene rings is 2. The largest absolute Gasteiger partial charge is 0.497 e. The van der Waals surface area contributed by atoms with Gasteiger partial charge >= 0.3 is 0 Å². The number of carbonyl (C=O) groups is 1. The average Bonchev–Trinajstić information content (AvgIpc) is 2.71. The van der Waals surface area contributed by atoms with E-state index in [-0.39, 0.29) is 28.9 Å². The van der Waals surface area contributed by atoms with Gasteiger partial charge in [0.15, 0.2) is 0 Å². The summed E-state index contributed by atoms with van der Waals surface area (Å²) >= 11 is 6.06. The van der Waals surface area contributed by atoms with Crippen LogP contribution in [0.15, 0.2) is 47.4 Å². The van der Waals surface area contributed by atoms with E-state index < -0.39 is 10.0 Å². The molecule has 2 rings (SSSR count). The molecule has 7 nitrogen and oxygen atoms in total. The number of likely N-dealkylation sites (N-methyl/N-ethyl adjacent to an activating group) is 2. The van der Waals surface area contributed by atoms with Crippen LogP contribution in [0.1, 0.15) is 12.5 Å². The first-order valence-electron chi connectivity index (χ1n) is 8.93. The van der Waals surface area contributed by atoms with Gasteiger partial charge in [0.1, 0.15) is 11.5 Å². The number of halogens is 1. The summed E-state index contributed by atoms with van der Waals surface area (Å²) in [6, 6.07) is 11.6. The van der Waals surface area contributed by atoms with Crippen LogP contribution in [0.3, 0.4) is 0 Å². The minimum Gasteiger partial charge on any atom is -0.497 e. The van der Waals surface area contributed by atoms with Crippen LogP contribution in [0.4, 0.5) is 0 Å². The normalized spacial score (nSPS) is 11.4. The van der Waals surface area contributed by atoms with Crippen molar-refractivity contribution in [1.29, 1.82) is 0 Å². The lowest BCUT2D eigenvalue weighted by Gasteiger charge is -2.24. The standard InChI is InChI=1S/C20H25ClN2O5S/c1-5-23(29(25,26)17-10-11-19(28-4)18(21)12-17)14-20(24)22(2)13-15-6-8-16(27-3)9-7-15/h6-12H,5,13-14H2,1-4H3. The summed E-state index contributed by atoms with van der Waals surface area (Å²) in [5.41, 5.74) is 0.912. The second-order valence-corrected chi connectivity index (χ2v) is 8.67. The first-order valence-corrected chi connectivity index (χ1v) is 10.7. The highest BCUT2D eigenvalue weighted by Crippen LogP contribution is 2.28. The van der Waals surface area contributed by atoms with Gasteiger partial charge in [-0.1, -0.05) is 30.7 Å². The van der Waals surface area contributed by atoms with Crippen molar-refractivity contribution in [3.05, 3.63) is 53.1 Å². The summed E-state index contributed by atoms with van der Waals surface area (Å²) in [7, 11) is 0.790. The lowest BCUT2D eigenvalue weighted by molar-refractivity contribution is -0.130. The number of ether oxygens (including phenoxy) is 2. The maximum atomic E-state index is 12.9. The molecule has 1 amide bonds. The summed E-state index contributed by atoms with van der Waals surface area (Å²) in [5.74, 6) is 0.791. The Bertz CT molecular complexity index is 948. The smallest absolute Gasteiger partial charge is 0.243 e. The molecule has 9 heteroatoms. The van der Waals surface area contributed by atoms with Gasteiger partial charge in [-0.05, 0) is 35.9 Å². The summed E-state index contributed by atoms with van der Waals surface area (Å²) < 4.78 is 37.2.